The van der Waals surface area contributed by atoms with E-state index in [1.165, 1.54) is 12.4 Å². The van der Waals surface area contributed by atoms with Crippen molar-refractivity contribution in [2.45, 2.75) is 0 Å². The largest absolute Gasteiger partial charge is 0.361 e. The summed E-state index contributed by atoms with van der Waals surface area (Å²) in [7, 11) is 0. The summed E-state index contributed by atoms with van der Waals surface area (Å²) in [5.41, 5.74) is 3.43. The summed E-state index contributed by atoms with van der Waals surface area (Å²) in [6.45, 7) is 3.45. The number of anilines is 3. The molecular weight excluding hydrogens is 314 g/mol. The molecule has 0 fully saturated rings. The summed E-state index contributed by atoms with van der Waals surface area (Å²) in [6, 6.07) is 13.6. The van der Waals surface area contributed by atoms with Gasteiger partial charge in [-0.1, -0.05) is 6.58 Å². The summed E-state index contributed by atoms with van der Waals surface area (Å²) in [4.78, 5) is 23.2. The van der Waals surface area contributed by atoms with Crippen LogP contribution in [0.4, 0.5) is 17.2 Å². The molecule has 2 heterocycles. The first kappa shape index (κ1) is 14.9. The smallest absolute Gasteiger partial charge is 0.247 e. The molecule has 0 bridgehead atoms. The van der Waals surface area contributed by atoms with Crippen LogP contribution in [0.2, 0.25) is 0 Å². The zero-order valence-corrected chi connectivity index (χ0v) is 13.3. The summed E-state index contributed by atoms with van der Waals surface area (Å²) < 4.78 is 0. The number of nitrogens with one attached hydrogen (secondary N) is 3. The lowest BCUT2D eigenvalue weighted by Crippen LogP contribution is -2.07. The van der Waals surface area contributed by atoms with E-state index in [0.29, 0.717) is 11.5 Å². The molecule has 0 aliphatic heterocycles. The van der Waals surface area contributed by atoms with Crippen molar-refractivity contribution < 1.29 is 4.79 Å². The van der Waals surface area contributed by atoms with Gasteiger partial charge in [-0.2, -0.15) is 0 Å². The van der Waals surface area contributed by atoms with E-state index in [9.17, 15) is 4.79 Å². The van der Waals surface area contributed by atoms with Crippen LogP contribution in [0.15, 0.2) is 67.6 Å². The minimum atomic E-state index is -0.258. The fourth-order valence-electron chi connectivity index (χ4n) is 2.70. The van der Waals surface area contributed by atoms with Crippen molar-refractivity contribution in [2.75, 3.05) is 10.6 Å². The Morgan fingerprint density at radius 1 is 1.08 bits per heavy atom. The van der Waals surface area contributed by atoms with Gasteiger partial charge in [0.1, 0.15) is 12.1 Å². The van der Waals surface area contributed by atoms with Gasteiger partial charge in [0.15, 0.2) is 0 Å². The first-order valence-electron chi connectivity index (χ1n) is 7.75. The Kier molecular flexibility index (Phi) is 3.63. The Morgan fingerprint density at radius 2 is 1.96 bits per heavy atom. The van der Waals surface area contributed by atoms with Crippen molar-refractivity contribution in [3.8, 4) is 0 Å². The quantitative estimate of drug-likeness (QED) is 0.495. The number of benzene rings is 2. The highest BCUT2D eigenvalue weighted by Gasteiger charge is 2.07. The third-order valence-corrected chi connectivity index (χ3v) is 3.91. The van der Waals surface area contributed by atoms with Gasteiger partial charge < -0.3 is 15.6 Å². The monoisotopic (exact) mass is 329 g/mol. The molecule has 122 valence electrons. The van der Waals surface area contributed by atoms with Crippen LogP contribution < -0.4 is 10.6 Å². The molecule has 4 aromatic rings. The lowest BCUT2D eigenvalue weighted by atomic mass is 10.2. The minimum absolute atomic E-state index is 0.258. The average Bonchev–Trinajstić information content (AvgIpc) is 3.09. The van der Waals surface area contributed by atoms with Crippen LogP contribution in [-0.4, -0.2) is 20.9 Å². The predicted octanol–water partition coefficient (Wildman–Crippen LogP) is 3.98. The Morgan fingerprint density at radius 3 is 2.84 bits per heavy atom. The van der Waals surface area contributed by atoms with Crippen LogP contribution in [0.5, 0.6) is 0 Å². The number of nitrogens with zero attached hydrogens (tertiary/aromatic N) is 2. The van der Waals surface area contributed by atoms with Crippen molar-refractivity contribution in [1.82, 2.24) is 15.0 Å². The van der Waals surface area contributed by atoms with Crippen molar-refractivity contribution >= 4 is 44.9 Å². The zero-order valence-electron chi connectivity index (χ0n) is 13.3. The molecule has 0 aliphatic rings. The number of carbonyl (C=O) groups excluding carboxylic acids is 1. The highest BCUT2D eigenvalue weighted by Crippen LogP contribution is 2.26. The van der Waals surface area contributed by atoms with Crippen molar-refractivity contribution in [3.63, 3.8) is 0 Å². The van der Waals surface area contributed by atoms with Gasteiger partial charge in [-0.05, 0) is 48.5 Å². The van der Waals surface area contributed by atoms with Gasteiger partial charge in [0.05, 0.1) is 5.52 Å². The second kappa shape index (κ2) is 6.09. The Bertz CT molecular complexity index is 1100. The number of hydrogen-bond acceptors (Lipinski definition) is 4. The van der Waals surface area contributed by atoms with Gasteiger partial charge >= 0.3 is 0 Å². The molecule has 0 saturated heterocycles. The molecule has 0 atom stereocenters. The molecule has 0 radical (unpaired) electrons. The van der Waals surface area contributed by atoms with Crippen molar-refractivity contribution in [2.24, 2.45) is 0 Å². The van der Waals surface area contributed by atoms with Gasteiger partial charge in [0.25, 0.3) is 0 Å². The van der Waals surface area contributed by atoms with Gasteiger partial charge in [-0.15, -0.1) is 0 Å². The SMILES string of the molecule is C=CC(=O)Nc1ccc2c(Nc3ccc4[nH]ccc4c3)ncnc2c1. The van der Waals surface area contributed by atoms with Crippen LogP contribution in [0.1, 0.15) is 0 Å². The Labute approximate surface area is 143 Å². The third-order valence-electron chi connectivity index (χ3n) is 3.91. The molecule has 25 heavy (non-hydrogen) atoms. The van der Waals surface area contributed by atoms with Gasteiger partial charge in [-0.25, -0.2) is 9.97 Å². The molecule has 0 spiro atoms. The number of fused-ring (bicyclic) bond motifs is 2. The number of hydrogen-bond donors (Lipinski definition) is 3. The van der Waals surface area contributed by atoms with Crippen LogP contribution in [0.3, 0.4) is 0 Å². The first-order chi connectivity index (χ1) is 12.2. The molecule has 3 N–H and O–H groups in total. The molecule has 4 rings (SSSR count). The maximum absolute atomic E-state index is 11.4. The van der Waals surface area contributed by atoms with Gasteiger partial charge in [-0.3, -0.25) is 4.79 Å². The lowest BCUT2D eigenvalue weighted by molar-refractivity contribution is -0.111. The topological polar surface area (TPSA) is 82.7 Å². The maximum Gasteiger partial charge on any atom is 0.247 e. The van der Waals surface area contributed by atoms with Crippen molar-refractivity contribution in [3.05, 3.63) is 67.6 Å². The predicted molar refractivity (Wildman–Crippen MR) is 99.9 cm³/mol. The second-order valence-electron chi connectivity index (χ2n) is 5.55. The molecule has 2 aromatic heterocycles. The fourth-order valence-corrected chi connectivity index (χ4v) is 2.70. The summed E-state index contributed by atoms with van der Waals surface area (Å²) in [5, 5.41) is 8.05. The molecule has 0 unspecified atom stereocenters. The Balaban J connectivity index is 1.69. The maximum atomic E-state index is 11.4. The van der Waals surface area contributed by atoms with E-state index < -0.39 is 0 Å². The Hall–Kier alpha value is -3.67. The normalized spacial score (nSPS) is 10.7. The zero-order chi connectivity index (χ0) is 17.2. The van der Waals surface area contributed by atoms with E-state index in [-0.39, 0.29) is 5.91 Å². The third kappa shape index (κ3) is 2.92. The van der Waals surface area contributed by atoms with Crippen LogP contribution in [-0.2, 0) is 4.79 Å². The van der Waals surface area contributed by atoms with Crippen LogP contribution in [0, 0.1) is 0 Å². The summed E-state index contributed by atoms with van der Waals surface area (Å²) in [5.74, 6) is 0.452. The second-order valence-corrected chi connectivity index (χ2v) is 5.55. The van der Waals surface area contributed by atoms with E-state index in [0.717, 1.165) is 27.5 Å². The standard InChI is InChI=1S/C19H15N5O/c1-2-18(25)23-14-3-5-15-17(10-14)21-11-22-19(15)24-13-4-6-16-12(9-13)7-8-20-16/h2-11,20H,1H2,(H,23,25)(H,21,22,24). The molecular formula is C19H15N5O. The fraction of sp³-hybridized carbons (Fsp3) is 0. The van der Waals surface area contributed by atoms with Crippen LogP contribution in [0.25, 0.3) is 21.8 Å². The van der Waals surface area contributed by atoms with E-state index in [4.69, 9.17) is 0 Å². The first-order valence-corrected chi connectivity index (χ1v) is 7.75. The van der Waals surface area contributed by atoms with E-state index >= 15 is 0 Å². The number of rotatable bonds is 4. The van der Waals surface area contributed by atoms with E-state index in [1.54, 1.807) is 6.07 Å². The lowest BCUT2D eigenvalue weighted by Gasteiger charge is -2.10. The number of aromatic nitrogens is 3. The summed E-state index contributed by atoms with van der Waals surface area (Å²) >= 11 is 0. The average molecular weight is 329 g/mol. The van der Waals surface area contributed by atoms with Crippen molar-refractivity contribution in [1.29, 1.82) is 0 Å². The van der Waals surface area contributed by atoms with E-state index in [1.807, 2.05) is 36.5 Å². The minimum Gasteiger partial charge on any atom is -0.361 e. The van der Waals surface area contributed by atoms with E-state index in [2.05, 4.69) is 38.2 Å². The molecule has 1 amide bonds. The highest BCUT2D eigenvalue weighted by atomic mass is 16.1. The van der Waals surface area contributed by atoms with Gasteiger partial charge in [0.2, 0.25) is 5.91 Å². The summed E-state index contributed by atoms with van der Waals surface area (Å²) in [6.07, 6.45) is 4.64. The molecule has 6 heteroatoms. The molecule has 0 saturated carbocycles. The number of amides is 1. The highest BCUT2D eigenvalue weighted by molar-refractivity contribution is 6.01. The molecule has 6 nitrogen and oxygen atoms in total. The molecule has 2 aromatic carbocycles. The number of H-pyrrole nitrogens is 1. The number of aromatic amines is 1. The van der Waals surface area contributed by atoms with Gasteiger partial charge in [0, 0.05) is 33.9 Å². The number of carbonyl (C=O) groups is 1. The van der Waals surface area contributed by atoms with Crippen LogP contribution >= 0.6 is 0 Å². The molecule has 0 aliphatic carbocycles.